The highest BCUT2D eigenvalue weighted by Crippen LogP contribution is 2.24. The van der Waals surface area contributed by atoms with E-state index in [1.165, 1.54) is 32.4 Å². The molecule has 34 heavy (non-hydrogen) atoms. The van der Waals surface area contributed by atoms with Crippen molar-refractivity contribution in [2.24, 2.45) is 0 Å². The fourth-order valence-electron chi connectivity index (χ4n) is 3.88. The van der Waals surface area contributed by atoms with Gasteiger partial charge in [-0.05, 0) is 50.3 Å². The van der Waals surface area contributed by atoms with Gasteiger partial charge in [0.2, 0.25) is 0 Å². The molecule has 0 amide bonds. The summed E-state index contributed by atoms with van der Waals surface area (Å²) in [5.74, 6) is 0.992. The predicted octanol–water partition coefficient (Wildman–Crippen LogP) is 7.49. The molecular weight excluding hydrogens is 437 g/mol. The highest BCUT2D eigenvalue weighted by Gasteiger charge is 2.19. The highest BCUT2D eigenvalue weighted by atomic mass is 19.3. The first-order chi connectivity index (χ1) is 16.3. The van der Waals surface area contributed by atoms with Gasteiger partial charge in [0, 0.05) is 35.5 Å². The number of nitrogens with zero attached hydrogens (tertiary/aromatic N) is 1. The van der Waals surface area contributed by atoms with Crippen molar-refractivity contribution in [3.05, 3.63) is 83.5 Å². The van der Waals surface area contributed by atoms with Crippen molar-refractivity contribution in [1.82, 2.24) is 10.2 Å². The van der Waals surface area contributed by atoms with Crippen molar-refractivity contribution in [2.75, 3.05) is 6.67 Å². The molecule has 1 saturated carbocycles. The zero-order valence-electron chi connectivity index (χ0n) is 20.3. The summed E-state index contributed by atoms with van der Waals surface area (Å²) in [4.78, 5) is 13.0. The molecule has 1 aromatic rings. The van der Waals surface area contributed by atoms with Crippen LogP contribution in [0.25, 0.3) is 0 Å². The van der Waals surface area contributed by atoms with Crippen LogP contribution in [0.3, 0.4) is 0 Å². The monoisotopic (exact) mass is 474 g/mol. The standard InChI is InChI=1S/C16H22F2N2.C12H15FO/c1-12(16(17)18)11-20-13(2)7-6-10-15(20)19-14-8-4-3-5-9-14;1-2-12(14)11-7-5-10(6-8-11)4-3-9-13/h6-7,10-11,14,16,19H,2-5,8-9H2,1H3;5-8H,2-4,9H2,1H3/b12-11+;. The summed E-state index contributed by atoms with van der Waals surface area (Å²) < 4.78 is 37.3. The van der Waals surface area contributed by atoms with E-state index in [1.807, 2.05) is 49.4 Å². The van der Waals surface area contributed by atoms with E-state index in [-0.39, 0.29) is 18.0 Å². The smallest absolute Gasteiger partial charge is 0.261 e. The van der Waals surface area contributed by atoms with Crippen LogP contribution in [0.15, 0.2) is 72.4 Å². The van der Waals surface area contributed by atoms with Crippen LogP contribution in [0.2, 0.25) is 0 Å². The summed E-state index contributed by atoms with van der Waals surface area (Å²) in [6.07, 6.45) is 12.5. The molecule has 1 aliphatic heterocycles. The van der Waals surface area contributed by atoms with E-state index in [0.29, 0.717) is 24.6 Å². The average Bonchev–Trinajstić information content (AvgIpc) is 2.85. The van der Waals surface area contributed by atoms with Gasteiger partial charge in [0.25, 0.3) is 6.43 Å². The number of carbonyl (C=O) groups excluding carboxylic acids is 1. The van der Waals surface area contributed by atoms with Crippen molar-refractivity contribution < 1.29 is 18.0 Å². The number of rotatable bonds is 9. The Kier molecular flexibility index (Phi) is 11.7. The van der Waals surface area contributed by atoms with Crippen molar-refractivity contribution in [1.29, 1.82) is 0 Å². The lowest BCUT2D eigenvalue weighted by Crippen LogP contribution is -2.37. The van der Waals surface area contributed by atoms with E-state index in [0.717, 1.165) is 36.2 Å². The molecule has 1 heterocycles. The third kappa shape index (κ3) is 8.88. The van der Waals surface area contributed by atoms with Crippen LogP contribution in [0.5, 0.6) is 0 Å². The molecule has 0 saturated heterocycles. The van der Waals surface area contributed by atoms with Gasteiger partial charge in [0.1, 0.15) is 5.82 Å². The molecule has 0 unspecified atom stereocenters. The van der Waals surface area contributed by atoms with E-state index >= 15 is 0 Å². The molecule has 1 N–H and O–H groups in total. The number of ketones is 1. The topological polar surface area (TPSA) is 32.3 Å². The third-order valence-electron chi connectivity index (χ3n) is 5.94. The minimum Gasteiger partial charge on any atom is -0.368 e. The van der Waals surface area contributed by atoms with Gasteiger partial charge in [-0.15, -0.1) is 0 Å². The molecule has 0 atom stereocenters. The van der Waals surface area contributed by atoms with Crippen LogP contribution >= 0.6 is 0 Å². The minimum absolute atomic E-state index is 0.0396. The Morgan fingerprint density at radius 1 is 1.21 bits per heavy atom. The molecule has 0 aromatic heterocycles. The number of hydrogen-bond acceptors (Lipinski definition) is 3. The Bertz CT molecular complexity index is 881. The summed E-state index contributed by atoms with van der Waals surface area (Å²) in [7, 11) is 0. The molecule has 1 aromatic carbocycles. The first kappa shape index (κ1) is 27.5. The molecule has 2 aliphatic rings. The Hall–Kier alpha value is -2.76. The van der Waals surface area contributed by atoms with Gasteiger partial charge in [0.15, 0.2) is 5.78 Å². The van der Waals surface area contributed by atoms with Crippen molar-refractivity contribution in [2.45, 2.75) is 77.7 Å². The average molecular weight is 475 g/mol. The Labute approximate surface area is 202 Å². The summed E-state index contributed by atoms with van der Waals surface area (Å²) in [6, 6.07) is 7.87. The molecule has 1 fully saturated rings. The molecular formula is C28H37F3N2O. The van der Waals surface area contributed by atoms with Crippen LogP contribution in [-0.4, -0.2) is 29.8 Å². The first-order valence-corrected chi connectivity index (χ1v) is 12.1. The SMILES string of the molecule is C=C1C=CC=C(NC2CCCCC2)N1/C=C(\C)C(F)F.CCC(=O)c1ccc(CCCF)cc1. The fourth-order valence-corrected chi connectivity index (χ4v) is 3.88. The minimum atomic E-state index is -2.44. The van der Waals surface area contributed by atoms with Crippen molar-refractivity contribution >= 4 is 5.78 Å². The Morgan fingerprint density at radius 3 is 2.47 bits per heavy atom. The van der Waals surface area contributed by atoms with E-state index in [1.54, 1.807) is 4.90 Å². The predicted molar refractivity (Wildman–Crippen MR) is 133 cm³/mol. The number of halogens is 3. The number of aryl methyl sites for hydroxylation is 1. The number of hydrogen-bond donors (Lipinski definition) is 1. The molecule has 3 nitrogen and oxygen atoms in total. The second-order valence-electron chi connectivity index (χ2n) is 8.69. The number of nitrogens with one attached hydrogen (secondary N) is 1. The normalized spacial score (nSPS) is 16.8. The number of Topliss-reactive ketones (excluding diaryl/α,β-unsaturated/α-hetero) is 1. The van der Waals surface area contributed by atoms with E-state index < -0.39 is 6.43 Å². The largest absolute Gasteiger partial charge is 0.368 e. The molecule has 0 radical (unpaired) electrons. The molecule has 0 bridgehead atoms. The third-order valence-corrected chi connectivity index (χ3v) is 5.94. The lowest BCUT2D eigenvalue weighted by molar-refractivity contribution is 0.0988. The first-order valence-electron chi connectivity index (χ1n) is 12.1. The van der Waals surface area contributed by atoms with Crippen molar-refractivity contribution in [3.8, 4) is 0 Å². The summed E-state index contributed by atoms with van der Waals surface area (Å²) >= 11 is 0. The van der Waals surface area contributed by atoms with Gasteiger partial charge in [-0.2, -0.15) is 0 Å². The summed E-state index contributed by atoms with van der Waals surface area (Å²) in [5, 5.41) is 3.47. The van der Waals surface area contributed by atoms with Gasteiger partial charge >= 0.3 is 0 Å². The van der Waals surface area contributed by atoms with Gasteiger partial charge in [-0.25, -0.2) is 8.78 Å². The van der Waals surface area contributed by atoms with Crippen LogP contribution in [0.4, 0.5) is 13.2 Å². The zero-order chi connectivity index (χ0) is 24.9. The number of benzene rings is 1. The molecule has 0 spiro atoms. The van der Waals surface area contributed by atoms with Gasteiger partial charge in [-0.3, -0.25) is 9.18 Å². The van der Waals surface area contributed by atoms with Crippen LogP contribution in [0.1, 0.15) is 74.7 Å². The number of alkyl halides is 3. The lowest BCUT2D eigenvalue weighted by atomic mass is 9.95. The van der Waals surface area contributed by atoms with Crippen LogP contribution in [0, 0.1) is 0 Å². The number of carbonyl (C=O) groups is 1. The highest BCUT2D eigenvalue weighted by molar-refractivity contribution is 5.95. The zero-order valence-corrected chi connectivity index (χ0v) is 20.3. The molecule has 6 heteroatoms. The quantitative estimate of drug-likeness (QED) is 0.376. The second kappa shape index (κ2) is 14.5. The van der Waals surface area contributed by atoms with Gasteiger partial charge < -0.3 is 10.2 Å². The van der Waals surface area contributed by atoms with Crippen LogP contribution in [-0.2, 0) is 6.42 Å². The van der Waals surface area contributed by atoms with Gasteiger partial charge in [0.05, 0.1) is 6.67 Å². The maximum absolute atomic E-state index is 12.7. The Balaban J connectivity index is 0.000000257. The Morgan fingerprint density at radius 2 is 1.88 bits per heavy atom. The van der Waals surface area contributed by atoms with E-state index in [9.17, 15) is 18.0 Å². The number of allylic oxidation sites excluding steroid dienone is 4. The van der Waals surface area contributed by atoms with E-state index in [2.05, 4.69) is 11.9 Å². The molecule has 3 rings (SSSR count). The second-order valence-corrected chi connectivity index (χ2v) is 8.69. The maximum Gasteiger partial charge on any atom is 0.261 e. The van der Waals surface area contributed by atoms with E-state index in [4.69, 9.17) is 0 Å². The van der Waals surface area contributed by atoms with Crippen LogP contribution < -0.4 is 5.32 Å². The summed E-state index contributed by atoms with van der Waals surface area (Å²) in [5.41, 5.74) is 2.58. The van der Waals surface area contributed by atoms with Crippen molar-refractivity contribution in [3.63, 3.8) is 0 Å². The molecule has 186 valence electrons. The lowest BCUT2D eigenvalue weighted by Gasteiger charge is -2.32. The fraction of sp³-hybridized carbons (Fsp3) is 0.464. The molecule has 1 aliphatic carbocycles. The van der Waals surface area contributed by atoms with Gasteiger partial charge in [-0.1, -0.05) is 63.1 Å². The summed E-state index contributed by atoms with van der Waals surface area (Å²) in [6.45, 7) is 6.92. The maximum atomic E-state index is 12.7.